The van der Waals surface area contributed by atoms with Crippen molar-refractivity contribution in [2.75, 3.05) is 6.61 Å². The Labute approximate surface area is 141 Å². The first-order valence-corrected chi connectivity index (χ1v) is 8.60. The minimum atomic E-state index is 0.448. The normalized spacial score (nSPS) is 10.7. The Morgan fingerprint density at radius 2 is 2.00 bits per heavy atom. The molecule has 2 rings (SSSR count). The van der Waals surface area contributed by atoms with Gasteiger partial charge in [-0.05, 0) is 53.5 Å². The van der Waals surface area contributed by atoms with E-state index in [1.807, 2.05) is 43.8 Å². The first-order chi connectivity index (χ1) is 10.0. The molecule has 0 saturated carbocycles. The summed E-state index contributed by atoms with van der Waals surface area (Å²) in [6, 6.07) is 6.04. The van der Waals surface area contributed by atoms with E-state index in [4.69, 9.17) is 9.47 Å². The van der Waals surface area contributed by atoms with Crippen LogP contribution < -0.4 is 9.47 Å². The molecule has 0 aliphatic carbocycles. The van der Waals surface area contributed by atoms with E-state index in [2.05, 4.69) is 37.0 Å². The van der Waals surface area contributed by atoms with E-state index in [9.17, 15) is 0 Å². The van der Waals surface area contributed by atoms with Gasteiger partial charge in [-0.25, -0.2) is 0 Å². The maximum Gasteiger partial charge on any atom is 0.175 e. The van der Waals surface area contributed by atoms with Crippen molar-refractivity contribution in [2.45, 2.75) is 25.8 Å². The second-order valence-corrected chi connectivity index (χ2v) is 6.08. The maximum atomic E-state index is 5.95. The second-order valence-electron chi connectivity index (χ2n) is 4.66. The predicted octanol–water partition coefficient (Wildman–Crippen LogP) is 4.36. The van der Waals surface area contributed by atoms with Crippen molar-refractivity contribution in [2.24, 2.45) is 7.05 Å². The summed E-state index contributed by atoms with van der Waals surface area (Å²) < 4.78 is 14.4. The highest BCUT2D eigenvalue weighted by Crippen LogP contribution is 2.38. The van der Waals surface area contributed by atoms with Gasteiger partial charge in [-0.15, -0.1) is 0 Å². The van der Waals surface area contributed by atoms with Crippen LogP contribution in [-0.4, -0.2) is 16.4 Å². The number of halogens is 2. The first-order valence-electron chi connectivity index (χ1n) is 6.68. The smallest absolute Gasteiger partial charge is 0.175 e. The molecule has 0 N–H and O–H groups in total. The topological polar surface area (TPSA) is 36.3 Å². The van der Waals surface area contributed by atoms with E-state index in [0.717, 1.165) is 38.3 Å². The molecule has 0 bridgehead atoms. The zero-order valence-corrected chi connectivity index (χ0v) is 15.5. The van der Waals surface area contributed by atoms with Gasteiger partial charge in [0.15, 0.2) is 11.5 Å². The van der Waals surface area contributed by atoms with Crippen molar-refractivity contribution in [1.29, 1.82) is 0 Å². The van der Waals surface area contributed by atoms with Crippen molar-refractivity contribution in [3.05, 3.63) is 39.6 Å². The molecule has 0 aliphatic rings. The summed E-state index contributed by atoms with van der Waals surface area (Å²) in [5.41, 5.74) is 3.13. The fraction of sp³-hybridized carbons (Fsp3) is 0.400. The third kappa shape index (κ3) is 4.01. The van der Waals surface area contributed by atoms with Crippen LogP contribution in [0.2, 0.25) is 0 Å². The van der Waals surface area contributed by atoms with Gasteiger partial charge >= 0.3 is 0 Å². The van der Waals surface area contributed by atoms with Crippen LogP contribution in [0.15, 0.2) is 22.7 Å². The van der Waals surface area contributed by atoms with Gasteiger partial charge in [0, 0.05) is 12.4 Å². The summed E-state index contributed by atoms with van der Waals surface area (Å²) in [5, 5.41) is 5.09. The molecule has 0 radical (unpaired) electrons. The number of rotatable bonds is 6. The summed E-state index contributed by atoms with van der Waals surface area (Å²) in [5.74, 6) is 1.47. The summed E-state index contributed by atoms with van der Waals surface area (Å²) in [4.78, 5) is 0. The summed E-state index contributed by atoms with van der Waals surface area (Å²) in [6.07, 6.45) is 0. The van der Waals surface area contributed by atoms with Crippen LogP contribution in [0.5, 0.6) is 11.5 Å². The fourth-order valence-corrected chi connectivity index (χ4v) is 2.97. The molecule has 6 heteroatoms. The highest BCUT2D eigenvalue weighted by atomic mass is 79.9. The molecule has 1 aromatic carbocycles. The van der Waals surface area contributed by atoms with Gasteiger partial charge < -0.3 is 9.47 Å². The Bertz CT molecular complexity index is 626. The Kier molecular flexibility index (Phi) is 5.70. The maximum absolute atomic E-state index is 5.95. The van der Waals surface area contributed by atoms with Crippen molar-refractivity contribution in [3.63, 3.8) is 0 Å². The van der Waals surface area contributed by atoms with Crippen molar-refractivity contribution in [3.8, 4) is 11.5 Å². The third-order valence-corrected chi connectivity index (χ3v) is 4.22. The first kappa shape index (κ1) is 16.4. The lowest BCUT2D eigenvalue weighted by molar-refractivity contribution is 0.261. The molecule has 0 atom stereocenters. The average molecular weight is 418 g/mol. The van der Waals surface area contributed by atoms with Crippen molar-refractivity contribution >= 4 is 31.9 Å². The number of nitrogens with zero attached hydrogens (tertiary/aromatic N) is 2. The highest BCUT2D eigenvalue weighted by molar-refractivity contribution is 9.10. The SMILES string of the molecule is CCOc1cc(CBr)cc(Br)c1OCc1cc(C)nn1C. The molecule has 0 fully saturated rings. The Hall–Kier alpha value is -1.01. The van der Waals surface area contributed by atoms with Gasteiger partial charge in [0.2, 0.25) is 0 Å². The van der Waals surface area contributed by atoms with E-state index in [1.165, 1.54) is 0 Å². The lowest BCUT2D eigenvalue weighted by Crippen LogP contribution is -2.05. The van der Waals surface area contributed by atoms with Crippen LogP contribution in [0.1, 0.15) is 23.9 Å². The number of aromatic nitrogens is 2. The number of alkyl halides is 1. The third-order valence-electron chi connectivity index (χ3n) is 2.99. The molecule has 1 aromatic heterocycles. The largest absolute Gasteiger partial charge is 0.490 e. The minimum absolute atomic E-state index is 0.448. The van der Waals surface area contributed by atoms with Crippen LogP contribution in [0, 0.1) is 6.92 Å². The minimum Gasteiger partial charge on any atom is -0.490 e. The van der Waals surface area contributed by atoms with E-state index in [0.29, 0.717) is 13.2 Å². The molecule has 0 aliphatic heterocycles. The van der Waals surface area contributed by atoms with E-state index in [-0.39, 0.29) is 0 Å². The van der Waals surface area contributed by atoms with E-state index >= 15 is 0 Å². The summed E-state index contributed by atoms with van der Waals surface area (Å²) in [7, 11) is 1.91. The van der Waals surface area contributed by atoms with Gasteiger partial charge in [0.05, 0.1) is 22.5 Å². The standard InChI is InChI=1S/C15H18Br2N2O2/c1-4-20-14-7-11(8-16)6-13(17)15(14)21-9-12-5-10(2)18-19(12)3/h5-7H,4,8-9H2,1-3H3. The number of hydrogen-bond donors (Lipinski definition) is 0. The molecule has 1 heterocycles. The molecule has 0 saturated heterocycles. The molecule has 2 aromatic rings. The van der Waals surface area contributed by atoms with Gasteiger partial charge in [0.25, 0.3) is 0 Å². The summed E-state index contributed by atoms with van der Waals surface area (Å²) in [6.45, 7) is 4.97. The number of aryl methyl sites for hydroxylation is 2. The quantitative estimate of drug-likeness (QED) is 0.655. The van der Waals surface area contributed by atoms with Crippen LogP contribution in [-0.2, 0) is 19.0 Å². The Morgan fingerprint density at radius 3 is 2.57 bits per heavy atom. The monoisotopic (exact) mass is 416 g/mol. The van der Waals surface area contributed by atoms with Crippen LogP contribution in [0.25, 0.3) is 0 Å². The molecule has 0 unspecified atom stereocenters. The van der Waals surface area contributed by atoms with Gasteiger partial charge in [0.1, 0.15) is 6.61 Å². The van der Waals surface area contributed by atoms with Gasteiger partial charge in [-0.3, -0.25) is 4.68 Å². The molecule has 0 spiro atoms. The highest BCUT2D eigenvalue weighted by Gasteiger charge is 2.13. The van der Waals surface area contributed by atoms with Gasteiger partial charge in [-0.2, -0.15) is 5.10 Å². The predicted molar refractivity (Wildman–Crippen MR) is 90.2 cm³/mol. The van der Waals surface area contributed by atoms with Crippen LogP contribution in [0.4, 0.5) is 0 Å². The lowest BCUT2D eigenvalue weighted by Gasteiger charge is -2.15. The number of hydrogen-bond acceptors (Lipinski definition) is 3. The molecule has 114 valence electrons. The molecule has 0 amide bonds. The number of ether oxygens (including phenoxy) is 2. The average Bonchev–Trinajstić information content (AvgIpc) is 2.76. The van der Waals surface area contributed by atoms with Crippen LogP contribution in [0.3, 0.4) is 0 Å². The lowest BCUT2D eigenvalue weighted by atomic mass is 10.2. The molecular formula is C15H18Br2N2O2. The zero-order valence-electron chi connectivity index (χ0n) is 12.3. The molecule has 4 nitrogen and oxygen atoms in total. The Balaban J connectivity index is 2.24. The molecule has 21 heavy (non-hydrogen) atoms. The molecular weight excluding hydrogens is 400 g/mol. The summed E-state index contributed by atoms with van der Waals surface area (Å²) >= 11 is 7.02. The van der Waals surface area contributed by atoms with E-state index < -0.39 is 0 Å². The van der Waals surface area contributed by atoms with Gasteiger partial charge in [-0.1, -0.05) is 15.9 Å². The van der Waals surface area contributed by atoms with Crippen molar-refractivity contribution in [1.82, 2.24) is 9.78 Å². The van der Waals surface area contributed by atoms with Crippen LogP contribution >= 0.6 is 31.9 Å². The zero-order chi connectivity index (χ0) is 15.4. The number of benzene rings is 1. The van der Waals surface area contributed by atoms with E-state index in [1.54, 1.807) is 0 Å². The second kappa shape index (κ2) is 7.31. The van der Waals surface area contributed by atoms with Crippen molar-refractivity contribution < 1.29 is 9.47 Å². The fourth-order valence-electron chi connectivity index (χ4n) is 2.05. The Morgan fingerprint density at radius 1 is 1.24 bits per heavy atom.